The predicted octanol–water partition coefficient (Wildman–Crippen LogP) is 2.69. The van der Waals surface area contributed by atoms with Crippen molar-refractivity contribution in [2.24, 2.45) is 0 Å². The molecule has 0 bridgehead atoms. The van der Waals surface area contributed by atoms with Crippen LogP contribution in [-0.2, 0) is 4.74 Å². The van der Waals surface area contributed by atoms with Crippen molar-refractivity contribution in [1.29, 1.82) is 0 Å². The van der Waals surface area contributed by atoms with Crippen LogP contribution in [0.5, 0.6) is 5.75 Å². The molecular formula is C14H23NO2. The Morgan fingerprint density at radius 1 is 1.35 bits per heavy atom. The monoisotopic (exact) mass is 237 g/mol. The van der Waals surface area contributed by atoms with Crippen molar-refractivity contribution in [3.05, 3.63) is 29.3 Å². The second kappa shape index (κ2) is 7.30. The van der Waals surface area contributed by atoms with E-state index < -0.39 is 0 Å². The molecule has 0 aliphatic rings. The van der Waals surface area contributed by atoms with Gasteiger partial charge in [0, 0.05) is 12.2 Å². The van der Waals surface area contributed by atoms with E-state index in [-0.39, 0.29) is 6.04 Å². The summed E-state index contributed by atoms with van der Waals surface area (Å²) in [5.41, 5.74) is 2.39. The van der Waals surface area contributed by atoms with E-state index in [2.05, 4.69) is 31.3 Å². The highest BCUT2D eigenvalue weighted by Crippen LogP contribution is 2.26. The molecule has 96 valence electrons. The van der Waals surface area contributed by atoms with Crippen molar-refractivity contribution >= 4 is 0 Å². The lowest BCUT2D eigenvalue weighted by atomic mass is 10.0. The maximum atomic E-state index is 5.61. The molecular weight excluding hydrogens is 214 g/mol. The van der Waals surface area contributed by atoms with Gasteiger partial charge < -0.3 is 14.8 Å². The first-order valence-corrected chi connectivity index (χ1v) is 6.12. The average molecular weight is 237 g/mol. The van der Waals surface area contributed by atoms with Crippen LogP contribution >= 0.6 is 0 Å². The van der Waals surface area contributed by atoms with E-state index in [9.17, 15) is 0 Å². The van der Waals surface area contributed by atoms with E-state index in [1.807, 2.05) is 13.1 Å². The number of likely N-dealkylation sites (N-methyl/N-ethyl adjacent to an activating group) is 1. The van der Waals surface area contributed by atoms with Crippen LogP contribution in [0.2, 0.25) is 0 Å². The molecule has 0 heterocycles. The quantitative estimate of drug-likeness (QED) is 0.740. The Hall–Kier alpha value is -1.06. The lowest BCUT2D eigenvalue weighted by Crippen LogP contribution is -2.22. The number of nitrogens with one attached hydrogen (secondary N) is 1. The highest BCUT2D eigenvalue weighted by atomic mass is 16.5. The van der Waals surface area contributed by atoms with Crippen molar-refractivity contribution in [2.75, 3.05) is 27.4 Å². The molecule has 0 saturated heterocycles. The number of methoxy groups -OCH3 is 1. The molecule has 3 heteroatoms. The van der Waals surface area contributed by atoms with Gasteiger partial charge >= 0.3 is 0 Å². The topological polar surface area (TPSA) is 30.5 Å². The Morgan fingerprint density at radius 3 is 2.71 bits per heavy atom. The highest BCUT2D eigenvalue weighted by molar-refractivity contribution is 5.39. The van der Waals surface area contributed by atoms with Crippen LogP contribution in [0.1, 0.15) is 30.5 Å². The van der Waals surface area contributed by atoms with Crippen molar-refractivity contribution in [1.82, 2.24) is 5.32 Å². The van der Waals surface area contributed by atoms with E-state index >= 15 is 0 Å². The molecule has 1 N–H and O–H groups in total. The third-order valence-corrected chi connectivity index (χ3v) is 2.74. The summed E-state index contributed by atoms with van der Waals surface area (Å²) in [7, 11) is 3.65. The fraction of sp³-hybridized carbons (Fsp3) is 0.571. The molecule has 0 saturated carbocycles. The van der Waals surface area contributed by atoms with Crippen molar-refractivity contribution in [3.63, 3.8) is 0 Å². The Bertz CT molecular complexity index is 339. The van der Waals surface area contributed by atoms with Crippen molar-refractivity contribution in [2.45, 2.75) is 26.3 Å². The minimum atomic E-state index is 0.177. The molecule has 0 amide bonds. The molecule has 1 aromatic carbocycles. The Labute approximate surface area is 104 Å². The van der Waals surface area contributed by atoms with Gasteiger partial charge in [0.25, 0.3) is 0 Å². The third-order valence-electron chi connectivity index (χ3n) is 2.74. The third kappa shape index (κ3) is 4.02. The van der Waals surface area contributed by atoms with E-state index in [1.165, 1.54) is 5.56 Å². The molecule has 17 heavy (non-hydrogen) atoms. The summed E-state index contributed by atoms with van der Waals surface area (Å²) in [4.78, 5) is 0. The molecule has 0 aliphatic heterocycles. The zero-order chi connectivity index (χ0) is 12.7. The van der Waals surface area contributed by atoms with Crippen LogP contribution in [0.25, 0.3) is 0 Å². The van der Waals surface area contributed by atoms with E-state index in [4.69, 9.17) is 9.47 Å². The van der Waals surface area contributed by atoms with Gasteiger partial charge in [-0.05, 0) is 26.5 Å². The number of hydrogen-bond acceptors (Lipinski definition) is 3. The average Bonchev–Trinajstić information content (AvgIpc) is 2.35. The fourth-order valence-electron chi connectivity index (χ4n) is 1.80. The van der Waals surface area contributed by atoms with Crippen LogP contribution in [-0.4, -0.2) is 27.4 Å². The Balaban J connectivity index is 2.82. The van der Waals surface area contributed by atoms with Crippen LogP contribution < -0.4 is 10.1 Å². The summed E-state index contributed by atoms with van der Waals surface area (Å²) < 4.78 is 11.0. The van der Waals surface area contributed by atoms with Crippen molar-refractivity contribution in [3.8, 4) is 5.75 Å². The highest BCUT2D eigenvalue weighted by Gasteiger charge is 2.14. The van der Waals surface area contributed by atoms with Gasteiger partial charge in [-0.15, -0.1) is 0 Å². The Kier molecular flexibility index (Phi) is 6.01. The summed E-state index contributed by atoms with van der Waals surface area (Å²) in [6.07, 6.45) is 1.04. The van der Waals surface area contributed by atoms with Crippen molar-refractivity contribution < 1.29 is 9.47 Å². The molecule has 0 aliphatic carbocycles. The molecule has 0 aromatic heterocycles. The van der Waals surface area contributed by atoms with Gasteiger partial charge in [-0.1, -0.05) is 24.6 Å². The van der Waals surface area contributed by atoms with Gasteiger partial charge in [-0.25, -0.2) is 0 Å². The van der Waals surface area contributed by atoms with Gasteiger partial charge in [-0.2, -0.15) is 0 Å². The number of ether oxygens (including phenoxy) is 2. The fourth-order valence-corrected chi connectivity index (χ4v) is 1.80. The summed E-state index contributed by atoms with van der Waals surface area (Å²) >= 11 is 0. The second-order valence-electron chi connectivity index (χ2n) is 4.16. The van der Waals surface area contributed by atoms with Crippen LogP contribution in [0.3, 0.4) is 0 Å². The van der Waals surface area contributed by atoms with E-state index in [0.29, 0.717) is 6.61 Å². The minimum Gasteiger partial charge on any atom is -0.496 e. The normalized spacial score (nSPS) is 12.5. The first-order valence-electron chi connectivity index (χ1n) is 6.12. The van der Waals surface area contributed by atoms with Gasteiger partial charge in [0.05, 0.1) is 19.8 Å². The summed E-state index contributed by atoms with van der Waals surface area (Å²) in [5.74, 6) is 0.912. The molecule has 1 unspecified atom stereocenters. The maximum absolute atomic E-state index is 5.61. The lowest BCUT2D eigenvalue weighted by molar-refractivity contribution is 0.113. The van der Waals surface area contributed by atoms with Gasteiger partial charge in [0.15, 0.2) is 0 Å². The molecule has 0 spiro atoms. The first kappa shape index (κ1) is 14.0. The largest absolute Gasteiger partial charge is 0.496 e. The maximum Gasteiger partial charge on any atom is 0.123 e. The van der Waals surface area contributed by atoms with Gasteiger partial charge in [0.2, 0.25) is 0 Å². The van der Waals surface area contributed by atoms with Gasteiger partial charge in [0.1, 0.15) is 5.75 Å². The standard InChI is InChI=1S/C14H23NO2/c1-5-8-17-10-13(15-3)12-9-11(2)6-7-14(12)16-4/h6-7,9,13,15H,5,8,10H2,1-4H3. The first-order chi connectivity index (χ1) is 8.22. The number of benzene rings is 1. The molecule has 3 nitrogen and oxygen atoms in total. The summed E-state index contributed by atoms with van der Waals surface area (Å²) in [5, 5.41) is 3.27. The minimum absolute atomic E-state index is 0.177. The Morgan fingerprint density at radius 2 is 2.12 bits per heavy atom. The summed E-state index contributed by atoms with van der Waals surface area (Å²) in [6, 6.07) is 6.39. The molecule has 1 rings (SSSR count). The van der Waals surface area contributed by atoms with Crippen LogP contribution in [0, 0.1) is 6.92 Å². The molecule has 1 atom stereocenters. The van der Waals surface area contributed by atoms with E-state index in [1.54, 1.807) is 7.11 Å². The SMILES string of the molecule is CCCOCC(NC)c1cc(C)ccc1OC. The molecule has 0 fully saturated rings. The van der Waals surface area contributed by atoms with Crippen LogP contribution in [0.4, 0.5) is 0 Å². The predicted molar refractivity (Wildman–Crippen MR) is 70.6 cm³/mol. The number of hydrogen-bond donors (Lipinski definition) is 1. The zero-order valence-corrected chi connectivity index (χ0v) is 11.2. The molecule has 1 aromatic rings. The second-order valence-corrected chi connectivity index (χ2v) is 4.16. The van der Waals surface area contributed by atoms with Gasteiger partial charge in [-0.3, -0.25) is 0 Å². The lowest BCUT2D eigenvalue weighted by Gasteiger charge is -2.20. The van der Waals surface area contributed by atoms with Crippen LogP contribution in [0.15, 0.2) is 18.2 Å². The zero-order valence-electron chi connectivity index (χ0n) is 11.2. The number of aryl methyl sites for hydroxylation is 1. The smallest absolute Gasteiger partial charge is 0.123 e. The van der Waals surface area contributed by atoms with E-state index in [0.717, 1.165) is 24.3 Å². The molecule has 0 radical (unpaired) electrons. The summed E-state index contributed by atoms with van der Waals surface area (Å²) in [6.45, 7) is 5.67. The number of rotatable bonds is 7.